The van der Waals surface area contributed by atoms with Crippen molar-refractivity contribution < 1.29 is 4.79 Å². The van der Waals surface area contributed by atoms with Gasteiger partial charge in [0.25, 0.3) is 5.91 Å². The minimum Gasteiger partial charge on any atom is -0.360 e. The van der Waals surface area contributed by atoms with Gasteiger partial charge in [-0.15, -0.1) is 0 Å². The van der Waals surface area contributed by atoms with Gasteiger partial charge < -0.3 is 10.2 Å². The predicted octanol–water partition coefficient (Wildman–Crippen LogP) is 4.07. The van der Waals surface area contributed by atoms with E-state index in [0.29, 0.717) is 6.04 Å². The van der Waals surface area contributed by atoms with Gasteiger partial charge in [-0.25, -0.2) is 9.97 Å². The van der Waals surface area contributed by atoms with E-state index in [1.54, 1.807) is 11.8 Å². The molecule has 1 heterocycles. The van der Waals surface area contributed by atoms with Gasteiger partial charge in [-0.05, 0) is 43.4 Å². The van der Waals surface area contributed by atoms with Crippen molar-refractivity contribution in [3.8, 4) is 0 Å². The Morgan fingerprint density at radius 3 is 2.78 bits per heavy atom. The number of hydrogen-bond donors (Lipinski definition) is 1. The average Bonchev–Trinajstić information content (AvgIpc) is 3.50. The van der Waals surface area contributed by atoms with Gasteiger partial charge >= 0.3 is 0 Å². The highest BCUT2D eigenvalue weighted by Crippen LogP contribution is 2.24. The van der Waals surface area contributed by atoms with Gasteiger partial charge in [-0.2, -0.15) is 0 Å². The lowest BCUT2D eigenvalue weighted by atomic mass is 10.1. The van der Waals surface area contributed by atoms with E-state index in [1.165, 1.54) is 0 Å². The standard InChI is InChI=1S/C21H28N4OS/c1-4-11-25(3)19-13-17(5-2)23-21(24-19)27-14-15-7-6-8-16(12-15)20(26)22-18-9-10-18/h6-8,12-13,18H,4-5,9-11,14H2,1-3H3,(H,22,26). The zero-order valence-electron chi connectivity index (χ0n) is 16.4. The van der Waals surface area contributed by atoms with Crippen LogP contribution >= 0.6 is 11.8 Å². The zero-order valence-corrected chi connectivity index (χ0v) is 17.2. The van der Waals surface area contributed by atoms with Gasteiger partial charge in [-0.1, -0.05) is 37.7 Å². The van der Waals surface area contributed by atoms with E-state index in [1.807, 2.05) is 18.2 Å². The minimum atomic E-state index is 0.0251. The molecule has 144 valence electrons. The Bertz CT molecular complexity index is 792. The maximum atomic E-state index is 12.2. The summed E-state index contributed by atoms with van der Waals surface area (Å²) in [6.07, 6.45) is 4.17. The largest absolute Gasteiger partial charge is 0.360 e. The molecule has 0 spiro atoms. The number of amides is 1. The number of aryl methyl sites for hydroxylation is 1. The van der Waals surface area contributed by atoms with Crippen LogP contribution in [0.5, 0.6) is 0 Å². The Morgan fingerprint density at radius 1 is 1.26 bits per heavy atom. The number of nitrogens with one attached hydrogen (secondary N) is 1. The van der Waals surface area contributed by atoms with Crippen LogP contribution in [-0.2, 0) is 12.2 Å². The van der Waals surface area contributed by atoms with Gasteiger partial charge in [0.1, 0.15) is 5.82 Å². The van der Waals surface area contributed by atoms with E-state index in [2.05, 4.69) is 48.2 Å². The zero-order chi connectivity index (χ0) is 19.2. The smallest absolute Gasteiger partial charge is 0.251 e. The van der Waals surface area contributed by atoms with Crippen LogP contribution in [0.1, 0.15) is 54.7 Å². The number of benzene rings is 1. The second-order valence-corrected chi connectivity index (χ2v) is 7.95. The van der Waals surface area contributed by atoms with Gasteiger partial charge in [0.15, 0.2) is 5.16 Å². The van der Waals surface area contributed by atoms with Crippen LogP contribution in [0.25, 0.3) is 0 Å². The molecule has 3 rings (SSSR count). The van der Waals surface area contributed by atoms with Crippen molar-refractivity contribution in [2.24, 2.45) is 0 Å². The van der Waals surface area contributed by atoms with Crippen molar-refractivity contribution in [1.82, 2.24) is 15.3 Å². The first-order valence-electron chi connectivity index (χ1n) is 9.70. The van der Waals surface area contributed by atoms with Crippen LogP contribution in [0.15, 0.2) is 35.5 Å². The van der Waals surface area contributed by atoms with E-state index >= 15 is 0 Å². The number of carbonyl (C=O) groups excluding carboxylic acids is 1. The van der Waals surface area contributed by atoms with Gasteiger partial charge in [0, 0.05) is 42.7 Å². The fraction of sp³-hybridized carbons (Fsp3) is 0.476. The van der Waals surface area contributed by atoms with E-state index in [0.717, 1.165) is 65.8 Å². The van der Waals surface area contributed by atoms with Crippen molar-refractivity contribution in [2.45, 2.75) is 56.5 Å². The fourth-order valence-corrected chi connectivity index (χ4v) is 3.61. The molecule has 1 N–H and O–H groups in total. The third kappa shape index (κ3) is 5.70. The minimum absolute atomic E-state index is 0.0251. The Hall–Kier alpha value is -2.08. The van der Waals surface area contributed by atoms with Gasteiger partial charge in [0.2, 0.25) is 0 Å². The first kappa shape index (κ1) is 19.7. The second kappa shape index (κ2) is 9.22. The number of rotatable bonds is 9. The highest BCUT2D eigenvalue weighted by Gasteiger charge is 2.23. The molecule has 1 aliphatic carbocycles. The van der Waals surface area contributed by atoms with Crippen LogP contribution in [0.4, 0.5) is 5.82 Å². The van der Waals surface area contributed by atoms with Crippen LogP contribution in [-0.4, -0.2) is 35.5 Å². The number of nitrogens with zero attached hydrogens (tertiary/aromatic N) is 3. The SMILES string of the molecule is CCCN(C)c1cc(CC)nc(SCc2cccc(C(=O)NC3CC3)c2)n1. The second-order valence-electron chi connectivity index (χ2n) is 7.01. The molecule has 6 heteroatoms. The highest BCUT2D eigenvalue weighted by molar-refractivity contribution is 7.98. The normalized spacial score (nSPS) is 13.4. The van der Waals surface area contributed by atoms with Crippen molar-refractivity contribution in [3.05, 3.63) is 47.2 Å². The summed E-state index contributed by atoms with van der Waals surface area (Å²) in [5.41, 5.74) is 2.90. The van der Waals surface area contributed by atoms with E-state index in [9.17, 15) is 4.79 Å². The molecule has 1 amide bonds. The molecule has 1 aromatic heterocycles. The molecule has 0 saturated heterocycles. The summed E-state index contributed by atoms with van der Waals surface area (Å²) in [6, 6.07) is 10.3. The molecular weight excluding hydrogens is 356 g/mol. The third-order valence-corrected chi connectivity index (χ3v) is 5.45. The number of carbonyl (C=O) groups is 1. The summed E-state index contributed by atoms with van der Waals surface area (Å²) in [5, 5.41) is 3.83. The van der Waals surface area contributed by atoms with Crippen molar-refractivity contribution in [3.63, 3.8) is 0 Å². The lowest BCUT2D eigenvalue weighted by molar-refractivity contribution is 0.0951. The number of thioether (sulfide) groups is 1. The van der Waals surface area contributed by atoms with Crippen LogP contribution in [0.2, 0.25) is 0 Å². The summed E-state index contributed by atoms with van der Waals surface area (Å²) in [6.45, 7) is 5.26. The maximum Gasteiger partial charge on any atom is 0.251 e. The molecule has 1 aliphatic rings. The fourth-order valence-electron chi connectivity index (χ4n) is 2.80. The predicted molar refractivity (Wildman–Crippen MR) is 111 cm³/mol. The molecule has 5 nitrogen and oxygen atoms in total. The Labute approximate surface area is 166 Å². The summed E-state index contributed by atoms with van der Waals surface area (Å²) in [7, 11) is 2.07. The van der Waals surface area contributed by atoms with Crippen molar-refractivity contribution in [2.75, 3.05) is 18.5 Å². The average molecular weight is 385 g/mol. The van der Waals surface area contributed by atoms with Gasteiger partial charge in [0.05, 0.1) is 0 Å². The molecule has 2 aromatic rings. The van der Waals surface area contributed by atoms with E-state index < -0.39 is 0 Å². The van der Waals surface area contributed by atoms with Crippen LogP contribution < -0.4 is 10.2 Å². The first-order chi connectivity index (χ1) is 13.1. The number of aromatic nitrogens is 2. The molecule has 0 atom stereocenters. The summed E-state index contributed by atoms with van der Waals surface area (Å²) >= 11 is 1.62. The Morgan fingerprint density at radius 2 is 2.07 bits per heavy atom. The quantitative estimate of drug-likeness (QED) is 0.522. The van der Waals surface area contributed by atoms with Crippen molar-refractivity contribution >= 4 is 23.5 Å². The molecule has 1 aromatic carbocycles. The molecular formula is C21H28N4OS. The maximum absolute atomic E-state index is 12.2. The number of hydrogen-bond acceptors (Lipinski definition) is 5. The van der Waals surface area contributed by atoms with Gasteiger partial charge in [-0.3, -0.25) is 4.79 Å². The lowest BCUT2D eigenvalue weighted by Crippen LogP contribution is -2.25. The summed E-state index contributed by atoms with van der Waals surface area (Å²) in [5.74, 6) is 1.75. The third-order valence-electron chi connectivity index (χ3n) is 4.53. The van der Waals surface area contributed by atoms with Crippen molar-refractivity contribution in [1.29, 1.82) is 0 Å². The molecule has 1 fully saturated rings. The molecule has 27 heavy (non-hydrogen) atoms. The molecule has 1 saturated carbocycles. The topological polar surface area (TPSA) is 58.1 Å². The molecule has 0 unspecified atom stereocenters. The number of anilines is 1. The monoisotopic (exact) mass is 384 g/mol. The van der Waals surface area contributed by atoms with Crippen LogP contribution in [0.3, 0.4) is 0 Å². The summed E-state index contributed by atoms with van der Waals surface area (Å²) in [4.78, 5) is 23.8. The lowest BCUT2D eigenvalue weighted by Gasteiger charge is -2.18. The molecule has 0 bridgehead atoms. The first-order valence-corrected chi connectivity index (χ1v) is 10.7. The summed E-state index contributed by atoms with van der Waals surface area (Å²) < 4.78 is 0. The Kier molecular flexibility index (Phi) is 6.72. The molecule has 0 aliphatic heterocycles. The van der Waals surface area contributed by atoms with E-state index in [-0.39, 0.29) is 5.91 Å². The Balaban J connectivity index is 1.68. The molecule has 0 radical (unpaired) electrons. The van der Waals surface area contributed by atoms with E-state index in [4.69, 9.17) is 4.98 Å². The van der Waals surface area contributed by atoms with Crippen LogP contribution in [0, 0.1) is 0 Å². The highest BCUT2D eigenvalue weighted by atomic mass is 32.2.